The molecule has 0 N–H and O–H groups in total. The monoisotopic (exact) mass is 369 g/mol. The lowest BCUT2D eigenvalue weighted by Crippen LogP contribution is -2.44. The van der Waals surface area contributed by atoms with Crippen molar-refractivity contribution in [3.05, 3.63) is 42.2 Å². The average molecular weight is 370 g/mol. The summed E-state index contributed by atoms with van der Waals surface area (Å²) in [4.78, 5) is 20.9. The standard InChI is InChI=1S/C22H31N3O2/c1-17-9-13-24(21(26)27-22(2,3)4)11-5-12-25(17)16-18-6-7-20-15-23-10-8-19(20)14-18/h6-8,10,14-15,17H,5,9,11-13,16H2,1-4H3/t17-/m0/s1. The fourth-order valence-electron chi connectivity index (χ4n) is 3.53. The molecule has 1 amide bonds. The summed E-state index contributed by atoms with van der Waals surface area (Å²) in [5, 5.41) is 2.41. The van der Waals surface area contributed by atoms with Crippen LogP contribution in [0.15, 0.2) is 36.7 Å². The molecule has 5 heteroatoms. The Bertz CT molecular complexity index is 784. The van der Waals surface area contributed by atoms with Crippen molar-refractivity contribution in [2.45, 2.75) is 58.7 Å². The smallest absolute Gasteiger partial charge is 0.410 e. The van der Waals surface area contributed by atoms with Gasteiger partial charge in [-0.3, -0.25) is 9.88 Å². The molecule has 1 aliphatic rings. The minimum absolute atomic E-state index is 0.189. The van der Waals surface area contributed by atoms with Crippen molar-refractivity contribution < 1.29 is 9.53 Å². The Morgan fingerprint density at radius 1 is 1.19 bits per heavy atom. The van der Waals surface area contributed by atoms with Crippen LogP contribution in [0.25, 0.3) is 10.8 Å². The van der Waals surface area contributed by atoms with Crippen LogP contribution in [0.3, 0.4) is 0 Å². The van der Waals surface area contributed by atoms with Crippen LogP contribution in [0.2, 0.25) is 0 Å². The van der Waals surface area contributed by atoms with Crippen molar-refractivity contribution in [3.63, 3.8) is 0 Å². The van der Waals surface area contributed by atoms with Gasteiger partial charge in [0, 0.05) is 50.0 Å². The molecule has 1 saturated heterocycles. The lowest BCUT2D eigenvalue weighted by molar-refractivity contribution is 0.0193. The van der Waals surface area contributed by atoms with Crippen molar-refractivity contribution in [1.29, 1.82) is 0 Å². The van der Waals surface area contributed by atoms with Crippen LogP contribution in [0.5, 0.6) is 0 Å². The van der Waals surface area contributed by atoms with Gasteiger partial charge in [0.1, 0.15) is 5.60 Å². The quantitative estimate of drug-likeness (QED) is 0.784. The Hall–Kier alpha value is -2.14. The molecule has 1 aromatic heterocycles. The van der Waals surface area contributed by atoms with Crippen molar-refractivity contribution in [1.82, 2.24) is 14.8 Å². The number of ether oxygens (including phenoxy) is 1. The number of nitrogens with zero attached hydrogens (tertiary/aromatic N) is 3. The Labute approximate surface area is 162 Å². The maximum absolute atomic E-state index is 12.4. The molecule has 1 aromatic carbocycles. The Balaban J connectivity index is 1.61. The summed E-state index contributed by atoms with van der Waals surface area (Å²) < 4.78 is 5.54. The number of hydrogen-bond donors (Lipinski definition) is 0. The van der Waals surface area contributed by atoms with E-state index in [4.69, 9.17) is 4.74 Å². The van der Waals surface area contributed by atoms with Crippen LogP contribution in [-0.2, 0) is 11.3 Å². The molecule has 0 radical (unpaired) electrons. The average Bonchev–Trinajstić information content (AvgIpc) is 2.60. The van der Waals surface area contributed by atoms with Gasteiger partial charge < -0.3 is 9.64 Å². The van der Waals surface area contributed by atoms with Gasteiger partial charge in [-0.15, -0.1) is 0 Å². The number of hydrogen-bond acceptors (Lipinski definition) is 4. The SMILES string of the molecule is C[C@H]1CCN(C(=O)OC(C)(C)C)CCCN1Cc1ccc2cnccc2c1. The van der Waals surface area contributed by atoms with E-state index in [1.54, 1.807) is 0 Å². The topological polar surface area (TPSA) is 45.7 Å². The van der Waals surface area contributed by atoms with Gasteiger partial charge >= 0.3 is 6.09 Å². The first-order valence-corrected chi connectivity index (χ1v) is 9.86. The molecule has 0 spiro atoms. The zero-order chi connectivity index (χ0) is 19.4. The molecule has 2 aromatic rings. The third-order valence-corrected chi connectivity index (χ3v) is 5.06. The number of aromatic nitrogens is 1. The lowest BCUT2D eigenvalue weighted by atomic mass is 10.1. The molecule has 3 rings (SSSR count). The minimum Gasteiger partial charge on any atom is -0.444 e. The number of fused-ring (bicyclic) bond motifs is 1. The summed E-state index contributed by atoms with van der Waals surface area (Å²) in [6, 6.07) is 9.09. The lowest BCUT2D eigenvalue weighted by Gasteiger charge is -2.35. The van der Waals surface area contributed by atoms with E-state index in [0.717, 1.165) is 39.0 Å². The number of carbonyl (C=O) groups is 1. The fraction of sp³-hybridized carbons (Fsp3) is 0.545. The molecule has 1 atom stereocenters. The van der Waals surface area contributed by atoms with Gasteiger partial charge in [0.2, 0.25) is 0 Å². The highest BCUT2D eigenvalue weighted by Gasteiger charge is 2.25. The summed E-state index contributed by atoms with van der Waals surface area (Å²) >= 11 is 0. The zero-order valence-corrected chi connectivity index (χ0v) is 16.9. The van der Waals surface area contributed by atoms with Crippen LogP contribution in [0.1, 0.15) is 46.1 Å². The first-order valence-electron chi connectivity index (χ1n) is 9.86. The molecular weight excluding hydrogens is 338 g/mol. The maximum Gasteiger partial charge on any atom is 0.410 e. The Kier molecular flexibility index (Phi) is 6.00. The Morgan fingerprint density at radius 2 is 2.00 bits per heavy atom. The van der Waals surface area contributed by atoms with Gasteiger partial charge in [-0.05, 0) is 63.6 Å². The molecule has 0 aliphatic carbocycles. The van der Waals surface area contributed by atoms with E-state index >= 15 is 0 Å². The Morgan fingerprint density at radius 3 is 2.78 bits per heavy atom. The highest BCUT2D eigenvalue weighted by atomic mass is 16.6. The van der Waals surface area contributed by atoms with Crippen LogP contribution < -0.4 is 0 Å². The van der Waals surface area contributed by atoms with Crippen LogP contribution in [-0.4, -0.2) is 52.2 Å². The van der Waals surface area contributed by atoms with Gasteiger partial charge in [0.15, 0.2) is 0 Å². The minimum atomic E-state index is -0.442. The van der Waals surface area contributed by atoms with Crippen LogP contribution in [0, 0.1) is 0 Å². The molecule has 0 bridgehead atoms. The number of rotatable bonds is 2. The van der Waals surface area contributed by atoms with Gasteiger partial charge in [0.25, 0.3) is 0 Å². The summed E-state index contributed by atoms with van der Waals surface area (Å²) in [5.74, 6) is 0. The molecule has 0 unspecified atom stereocenters. The summed E-state index contributed by atoms with van der Waals surface area (Å²) in [5.41, 5.74) is 0.882. The highest BCUT2D eigenvalue weighted by Crippen LogP contribution is 2.20. The molecule has 2 heterocycles. The van der Waals surface area contributed by atoms with Crippen molar-refractivity contribution in [2.24, 2.45) is 0 Å². The predicted molar refractivity (Wildman–Crippen MR) is 109 cm³/mol. The number of carbonyl (C=O) groups excluding carboxylic acids is 1. The van der Waals surface area contributed by atoms with Crippen LogP contribution in [0.4, 0.5) is 4.79 Å². The second kappa shape index (κ2) is 8.26. The first-order chi connectivity index (χ1) is 12.8. The largest absolute Gasteiger partial charge is 0.444 e. The van der Waals surface area contributed by atoms with Crippen LogP contribution >= 0.6 is 0 Å². The molecule has 1 fully saturated rings. The van der Waals surface area contributed by atoms with E-state index in [9.17, 15) is 4.79 Å². The highest BCUT2D eigenvalue weighted by molar-refractivity contribution is 5.81. The van der Waals surface area contributed by atoms with Crippen molar-refractivity contribution in [2.75, 3.05) is 19.6 Å². The maximum atomic E-state index is 12.4. The van der Waals surface area contributed by atoms with E-state index < -0.39 is 5.60 Å². The number of benzene rings is 1. The molecule has 146 valence electrons. The zero-order valence-electron chi connectivity index (χ0n) is 16.9. The van der Waals surface area contributed by atoms with Crippen molar-refractivity contribution in [3.8, 4) is 0 Å². The predicted octanol–water partition coefficient (Wildman–Crippen LogP) is 4.46. The summed E-state index contributed by atoms with van der Waals surface area (Å²) in [6.07, 6.45) is 5.48. The molecule has 1 aliphatic heterocycles. The summed E-state index contributed by atoms with van der Waals surface area (Å²) in [6.45, 7) is 11.4. The van der Waals surface area contributed by atoms with Gasteiger partial charge in [0.05, 0.1) is 0 Å². The number of pyridine rings is 1. The van der Waals surface area contributed by atoms with Gasteiger partial charge in [-0.25, -0.2) is 4.79 Å². The second-order valence-corrected chi connectivity index (χ2v) is 8.49. The van der Waals surface area contributed by atoms with E-state index in [2.05, 4.69) is 41.1 Å². The normalized spacial score (nSPS) is 19.6. The fourth-order valence-corrected chi connectivity index (χ4v) is 3.53. The molecule has 5 nitrogen and oxygen atoms in total. The third-order valence-electron chi connectivity index (χ3n) is 5.06. The van der Waals surface area contributed by atoms with E-state index in [0.29, 0.717) is 6.04 Å². The van der Waals surface area contributed by atoms with Gasteiger partial charge in [-0.1, -0.05) is 12.1 Å². The van der Waals surface area contributed by atoms with Gasteiger partial charge in [-0.2, -0.15) is 0 Å². The van der Waals surface area contributed by atoms with E-state index in [1.165, 1.54) is 16.3 Å². The third kappa shape index (κ3) is 5.42. The first kappa shape index (κ1) is 19.6. The molecule has 0 saturated carbocycles. The van der Waals surface area contributed by atoms with Crippen molar-refractivity contribution >= 4 is 16.9 Å². The summed E-state index contributed by atoms with van der Waals surface area (Å²) in [7, 11) is 0. The second-order valence-electron chi connectivity index (χ2n) is 8.49. The van der Waals surface area contributed by atoms with E-state index in [1.807, 2.05) is 38.1 Å². The molecule has 27 heavy (non-hydrogen) atoms. The van der Waals surface area contributed by atoms with E-state index in [-0.39, 0.29) is 6.09 Å². The molecular formula is C22H31N3O2. The number of amides is 1.